The van der Waals surface area contributed by atoms with Gasteiger partial charge in [0.1, 0.15) is 6.10 Å². The highest BCUT2D eigenvalue weighted by Crippen LogP contribution is 2.29. The minimum absolute atomic E-state index is 0.0434. The topological polar surface area (TPSA) is 54.7 Å². The Labute approximate surface area is 146 Å². The first-order chi connectivity index (χ1) is 11.5. The summed E-state index contributed by atoms with van der Waals surface area (Å²) in [5, 5.41) is 11.2. The van der Waals surface area contributed by atoms with Crippen molar-refractivity contribution in [3.05, 3.63) is 30.5 Å². The van der Waals surface area contributed by atoms with E-state index in [-0.39, 0.29) is 18.1 Å². The predicted molar refractivity (Wildman–Crippen MR) is 96.2 cm³/mol. The van der Waals surface area contributed by atoms with Crippen molar-refractivity contribution in [2.45, 2.75) is 37.1 Å². The zero-order valence-corrected chi connectivity index (χ0v) is 15.1. The number of hydrogen-bond donors (Lipinski definition) is 1. The molecule has 0 unspecified atom stereocenters. The van der Waals surface area contributed by atoms with Crippen molar-refractivity contribution in [2.24, 2.45) is 7.05 Å². The number of benzene rings is 1. The first-order valence-electron chi connectivity index (χ1n) is 8.24. The van der Waals surface area contributed by atoms with Gasteiger partial charge in [0, 0.05) is 42.1 Å². The van der Waals surface area contributed by atoms with E-state index in [1.807, 2.05) is 33.0 Å². The number of aliphatic hydroxyl groups excluding tert-OH is 1. The van der Waals surface area contributed by atoms with E-state index in [4.69, 9.17) is 4.74 Å². The normalized spacial score (nSPS) is 21.1. The van der Waals surface area contributed by atoms with Gasteiger partial charge in [-0.25, -0.2) is 0 Å². The summed E-state index contributed by atoms with van der Waals surface area (Å²) in [5.41, 5.74) is 1.16. The minimum Gasteiger partial charge on any atom is -0.388 e. The number of para-hydroxylation sites is 1. The molecule has 0 aliphatic carbocycles. The average Bonchev–Trinajstić information content (AvgIpc) is 3.06. The number of aromatic nitrogens is 1. The Kier molecular flexibility index (Phi) is 5.18. The fraction of sp³-hybridized carbons (Fsp3) is 0.500. The van der Waals surface area contributed by atoms with E-state index in [1.165, 1.54) is 5.39 Å². The van der Waals surface area contributed by atoms with Crippen LogP contribution >= 0.6 is 11.8 Å². The van der Waals surface area contributed by atoms with Gasteiger partial charge in [-0.1, -0.05) is 18.2 Å². The molecular weight excluding hydrogens is 324 g/mol. The molecule has 1 saturated heterocycles. The predicted octanol–water partition coefficient (Wildman–Crippen LogP) is 2.27. The third kappa shape index (κ3) is 3.61. The second kappa shape index (κ2) is 7.17. The number of rotatable bonds is 5. The Morgan fingerprint density at radius 1 is 1.38 bits per heavy atom. The molecule has 3 rings (SSSR count). The van der Waals surface area contributed by atoms with E-state index >= 15 is 0 Å². The van der Waals surface area contributed by atoms with Crippen LogP contribution in [-0.2, 0) is 16.6 Å². The molecule has 1 fully saturated rings. The summed E-state index contributed by atoms with van der Waals surface area (Å²) >= 11 is 1.55. The summed E-state index contributed by atoms with van der Waals surface area (Å²) in [5.74, 6) is 0.414. The zero-order valence-electron chi connectivity index (χ0n) is 14.3. The van der Waals surface area contributed by atoms with E-state index in [0.717, 1.165) is 10.4 Å². The number of β-amino-alcohol motifs (C(OH)–C–C–N with tert-alkyl or cyclic N) is 1. The Balaban J connectivity index is 1.61. The number of likely N-dealkylation sites (tertiary alicyclic amines) is 1. The highest BCUT2D eigenvalue weighted by atomic mass is 32.2. The Morgan fingerprint density at radius 2 is 2.12 bits per heavy atom. The molecule has 1 aliphatic heterocycles. The third-order valence-electron chi connectivity index (χ3n) is 4.25. The van der Waals surface area contributed by atoms with Crippen molar-refractivity contribution in [1.82, 2.24) is 9.47 Å². The van der Waals surface area contributed by atoms with Gasteiger partial charge in [-0.05, 0) is 19.9 Å². The molecule has 5 nitrogen and oxygen atoms in total. The smallest absolute Gasteiger partial charge is 0.233 e. The quantitative estimate of drug-likeness (QED) is 0.842. The van der Waals surface area contributed by atoms with Crippen LogP contribution < -0.4 is 0 Å². The van der Waals surface area contributed by atoms with Crippen molar-refractivity contribution < 1.29 is 14.6 Å². The molecule has 1 aromatic carbocycles. The van der Waals surface area contributed by atoms with Crippen LogP contribution in [-0.4, -0.2) is 57.6 Å². The van der Waals surface area contributed by atoms with Crippen LogP contribution in [0.2, 0.25) is 0 Å². The van der Waals surface area contributed by atoms with Gasteiger partial charge in [-0.2, -0.15) is 0 Å². The number of amides is 1. The first kappa shape index (κ1) is 17.3. The van der Waals surface area contributed by atoms with E-state index in [0.29, 0.717) is 18.8 Å². The van der Waals surface area contributed by atoms with Crippen LogP contribution in [0.15, 0.2) is 35.4 Å². The maximum absolute atomic E-state index is 12.5. The summed E-state index contributed by atoms with van der Waals surface area (Å²) < 4.78 is 7.75. The van der Waals surface area contributed by atoms with E-state index in [2.05, 4.69) is 22.9 Å². The zero-order chi connectivity index (χ0) is 17.3. The van der Waals surface area contributed by atoms with Gasteiger partial charge in [-0.15, -0.1) is 11.8 Å². The standard InChI is InChI=1S/C18H24N2O3S/c1-12(2)23-16-9-20(8-15(16)21)18(22)11-24-17-10-19(3)14-7-5-4-6-13(14)17/h4-7,10,12,15-16,21H,8-9,11H2,1-3H3/t15-,16-/m0/s1. The van der Waals surface area contributed by atoms with Gasteiger partial charge in [0.15, 0.2) is 0 Å². The number of thioether (sulfide) groups is 1. The SMILES string of the molecule is CC(C)O[C@H]1CN(C(=O)CSc2cn(C)c3ccccc23)C[C@@H]1O. The van der Waals surface area contributed by atoms with Crippen LogP contribution in [0.5, 0.6) is 0 Å². The molecule has 1 amide bonds. The number of carbonyl (C=O) groups excluding carboxylic acids is 1. The van der Waals surface area contributed by atoms with Gasteiger partial charge in [0.25, 0.3) is 0 Å². The number of carbonyl (C=O) groups is 1. The molecule has 1 aromatic heterocycles. The molecule has 130 valence electrons. The van der Waals surface area contributed by atoms with Gasteiger partial charge in [0.05, 0.1) is 18.0 Å². The maximum Gasteiger partial charge on any atom is 0.233 e. The molecule has 2 heterocycles. The first-order valence-corrected chi connectivity index (χ1v) is 9.22. The largest absolute Gasteiger partial charge is 0.388 e. The maximum atomic E-state index is 12.5. The second-order valence-electron chi connectivity index (χ2n) is 6.50. The van der Waals surface area contributed by atoms with Gasteiger partial charge < -0.3 is 19.3 Å². The van der Waals surface area contributed by atoms with E-state index < -0.39 is 6.10 Å². The highest BCUT2D eigenvalue weighted by Gasteiger charge is 2.35. The molecule has 0 radical (unpaired) electrons. The lowest BCUT2D eigenvalue weighted by Gasteiger charge is -2.18. The number of fused-ring (bicyclic) bond motifs is 1. The van der Waals surface area contributed by atoms with E-state index in [1.54, 1.807) is 16.7 Å². The monoisotopic (exact) mass is 348 g/mol. The number of aliphatic hydroxyl groups is 1. The van der Waals surface area contributed by atoms with Crippen molar-refractivity contribution in [3.63, 3.8) is 0 Å². The van der Waals surface area contributed by atoms with Crippen LogP contribution in [0.3, 0.4) is 0 Å². The molecule has 0 saturated carbocycles. The molecule has 1 N–H and O–H groups in total. The molecule has 2 atom stereocenters. The number of ether oxygens (including phenoxy) is 1. The lowest BCUT2D eigenvalue weighted by molar-refractivity contribution is -0.128. The molecule has 6 heteroatoms. The van der Waals surface area contributed by atoms with Crippen molar-refractivity contribution >= 4 is 28.6 Å². The summed E-state index contributed by atoms with van der Waals surface area (Å²) in [7, 11) is 2.01. The van der Waals surface area contributed by atoms with Crippen LogP contribution in [0.4, 0.5) is 0 Å². The summed E-state index contributed by atoms with van der Waals surface area (Å²) in [6.07, 6.45) is 1.23. The highest BCUT2D eigenvalue weighted by molar-refractivity contribution is 8.00. The lowest BCUT2D eigenvalue weighted by Crippen LogP contribution is -2.32. The van der Waals surface area contributed by atoms with Crippen molar-refractivity contribution in [2.75, 3.05) is 18.8 Å². The summed E-state index contributed by atoms with van der Waals surface area (Å²) in [6, 6.07) is 8.18. The molecular formula is C18H24N2O3S. The van der Waals surface area contributed by atoms with Crippen molar-refractivity contribution in [1.29, 1.82) is 0 Å². The molecule has 2 aromatic rings. The van der Waals surface area contributed by atoms with Gasteiger partial charge in [-0.3, -0.25) is 4.79 Å². The second-order valence-corrected chi connectivity index (χ2v) is 7.52. The Hall–Kier alpha value is -1.50. The third-order valence-corrected chi connectivity index (χ3v) is 5.28. The van der Waals surface area contributed by atoms with Crippen LogP contribution in [0.1, 0.15) is 13.8 Å². The fourth-order valence-corrected chi connectivity index (χ4v) is 4.12. The summed E-state index contributed by atoms with van der Waals surface area (Å²) in [4.78, 5) is 15.3. The van der Waals surface area contributed by atoms with Gasteiger partial charge >= 0.3 is 0 Å². The van der Waals surface area contributed by atoms with Crippen molar-refractivity contribution in [3.8, 4) is 0 Å². The number of nitrogens with zero attached hydrogens (tertiary/aromatic N) is 2. The molecule has 24 heavy (non-hydrogen) atoms. The molecule has 0 bridgehead atoms. The number of hydrogen-bond acceptors (Lipinski definition) is 4. The minimum atomic E-state index is -0.598. The average molecular weight is 348 g/mol. The Morgan fingerprint density at radius 3 is 2.88 bits per heavy atom. The van der Waals surface area contributed by atoms with Gasteiger partial charge in [0.2, 0.25) is 5.91 Å². The van der Waals surface area contributed by atoms with Crippen LogP contribution in [0, 0.1) is 0 Å². The lowest BCUT2D eigenvalue weighted by atomic mass is 10.2. The molecule has 0 spiro atoms. The Bertz CT molecular complexity index is 728. The van der Waals surface area contributed by atoms with E-state index in [9.17, 15) is 9.90 Å². The molecule has 1 aliphatic rings. The summed E-state index contributed by atoms with van der Waals surface area (Å²) in [6.45, 7) is 4.70. The van der Waals surface area contributed by atoms with Crippen LogP contribution in [0.25, 0.3) is 10.9 Å². The fourth-order valence-electron chi connectivity index (χ4n) is 3.09. The number of aryl methyl sites for hydroxylation is 1.